The summed E-state index contributed by atoms with van der Waals surface area (Å²) < 4.78 is 153. The molecule has 1 fully saturated rings. The first kappa shape index (κ1) is 33.9. The average Bonchev–Trinajstić information content (AvgIpc) is 3.76. The van der Waals surface area contributed by atoms with Crippen LogP contribution in [0.15, 0.2) is 53.1 Å². The number of nitrogens with one attached hydrogen (secondary N) is 1. The molecule has 1 heterocycles. The molecule has 0 unspecified atom stereocenters. The van der Waals surface area contributed by atoms with Crippen molar-refractivity contribution < 1.29 is 62.6 Å². The summed E-state index contributed by atoms with van der Waals surface area (Å²) in [5.74, 6) is -6.08. The van der Waals surface area contributed by atoms with Crippen molar-refractivity contribution in [1.29, 1.82) is 0 Å². The van der Waals surface area contributed by atoms with Gasteiger partial charge in [-0.3, -0.25) is 9.59 Å². The van der Waals surface area contributed by atoms with Crippen molar-refractivity contribution in [3.8, 4) is 5.75 Å². The van der Waals surface area contributed by atoms with E-state index in [9.17, 15) is 53.5 Å². The lowest BCUT2D eigenvalue weighted by molar-refractivity contribution is -0.348. The minimum absolute atomic E-state index is 0.0268. The summed E-state index contributed by atoms with van der Waals surface area (Å²) in [5, 5.41) is 1.86. The molecule has 1 aromatic heterocycles. The molecule has 6 nitrogen and oxygen atoms in total. The molecule has 4 rings (SSSR count). The van der Waals surface area contributed by atoms with Crippen molar-refractivity contribution in [2.45, 2.75) is 37.5 Å². The van der Waals surface area contributed by atoms with Crippen molar-refractivity contribution in [3.63, 3.8) is 0 Å². The van der Waals surface area contributed by atoms with Gasteiger partial charge < -0.3 is 15.0 Å². The van der Waals surface area contributed by atoms with E-state index in [0.717, 1.165) is 41.4 Å². The molecule has 242 valence electrons. The quantitative estimate of drug-likeness (QED) is 0.178. The number of pyridine rings is 1. The van der Waals surface area contributed by atoms with Crippen LogP contribution in [0.2, 0.25) is 0 Å². The van der Waals surface area contributed by atoms with Gasteiger partial charge >= 0.3 is 24.6 Å². The number of hydrogen-bond acceptors (Lipinski definition) is 4. The van der Waals surface area contributed by atoms with Crippen LogP contribution in [0.3, 0.4) is 0 Å². The Morgan fingerprint density at radius 2 is 1.64 bits per heavy atom. The minimum atomic E-state index is -6.60. The van der Waals surface area contributed by atoms with E-state index in [4.69, 9.17) is 0 Å². The molecule has 18 heteroatoms. The van der Waals surface area contributed by atoms with E-state index in [2.05, 4.69) is 25.7 Å². The second kappa shape index (κ2) is 12.4. The van der Waals surface area contributed by atoms with Crippen molar-refractivity contribution >= 4 is 39.1 Å². The Labute approximate surface area is 254 Å². The third-order valence-electron chi connectivity index (χ3n) is 6.56. The van der Waals surface area contributed by atoms with E-state index in [-0.39, 0.29) is 30.2 Å². The van der Waals surface area contributed by atoms with Gasteiger partial charge in [-0.25, -0.2) is 13.8 Å². The standard InChI is InChI=1S/C27H17BrF11N3O3/c28-16-8-14(25(33,26(34,35)36)27(37,38)39)9-18(45-24(31)32)21(16)41-22(43)15-2-1-3-17(20(15)30)42(11-12-4-5-12)23(44)13-6-7-19(29)40-10-13/h1-3,6-10,12,24H,4-5,11H2,(H,41,43). The van der Waals surface area contributed by atoms with E-state index in [1.165, 1.54) is 0 Å². The van der Waals surface area contributed by atoms with Crippen molar-refractivity contribution in [3.05, 3.63) is 81.6 Å². The van der Waals surface area contributed by atoms with E-state index < -0.39 is 80.9 Å². The summed E-state index contributed by atoms with van der Waals surface area (Å²) in [5.41, 5.74) is -10.7. The van der Waals surface area contributed by atoms with E-state index in [1.807, 2.05) is 5.32 Å². The van der Waals surface area contributed by atoms with Crippen LogP contribution >= 0.6 is 15.9 Å². The number of carbonyl (C=O) groups excluding carboxylic acids is 2. The van der Waals surface area contributed by atoms with Gasteiger partial charge in [0.25, 0.3) is 11.8 Å². The van der Waals surface area contributed by atoms with Gasteiger partial charge in [-0.15, -0.1) is 0 Å². The van der Waals surface area contributed by atoms with Gasteiger partial charge in [0.05, 0.1) is 22.5 Å². The van der Waals surface area contributed by atoms with Crippen LogP contribution in [0.5, 0.6) is 5.75 Å². The summed E-state index contributed by atoms with van der Waals surface area (Å²) in [7, 11) is 0. The van der Waals surface area contributed by atoms with Crippen LogP contribution in [-0.2, 0) is 5.67 Å². The number of aromatic nitrogens is 1. The number of hydrogen-bond donors (Lipinski definition) is 1. The fourth-order valence-corrected chi connectivity index (χ4v) is 4.71. The Bertz CT molecular complexity index is 1580. The zero-order chi connectivity index (χ0) is 33.5. The number of ether oxygens (including phenoxy) is 1. The molecular formula is C27H17BrF11N3O3. The van der Waals surface area contributed by atoms with Crippen molar-refractivity contribution in [1.82, 2.24) is 4.98 Å². The maximum absolute atomic E-state index is 15.8. The number of carbonyl (C=O) groups is 2. The van der Waals surface area contributed by atoms with Gasteiger partial charge in [-0.05, 0) is 71.1 Å². The molecule has 0 radical (unpaired) electrons. The maximum atomic E-state index is 15.8. The number of halogens is 12. The lowest BCUT2D eigenvalue weighted by Crippen LogP contribution is -2.50. The van der Waals surface area contributed by atoms with Crippen LogP contribution in [0, 0.1) is 17.7 Å². The number of benzene rings is 2. The molecule has 0 bridgehead atoms. The Morgan fingerprint density at radius 1 is 1.00 bits per heavy atom. The smallest absolute Gasteiger partial charge is 0.433 e. The van der Waals surface area contributed by atoms with Gasteiger partial charge in [0.2, 0.25) is 5.95 Å². The summed E-state index contributed by atoms with van der Waals surface area (Å²) in [4.78, 5) is 30.7. The minimum Gasteiger partial charge on any atom is -0.433 e. The summed E-state index contributed by atoms with van der Waals surface area (Å²) in [6.07, 6.45) is -10.9. The number of nitrogens with zero attached hydrogens (tertiary/aromatic N) is 2. The SMILES string of the molecule is O=C(Nc1c(Br)cc(C(F)(C(F)(F)F)C(F)(F)F)cc1OC(F)F)c1cccc(N(CC2CC2)C(=O)c2ccc(F)nc2)c1F. The third-order valence-corrected chi connectivity index (χ3v) is 7.18. The number of alkyl halides is 9. The molecule has 45 heavy (non-hydrogen) atoms. The largest absolute Gasteiger partial charge is 0.435 e. The van der Waals surface area contributed by atoms with Crippen LogP contribution in [-0.4, -0.2) is 42.3 Å². The summed E-state index contributed by atoms with van der Waals surface area (Å²) >= 11 is 2.54. The molecule has 1 aliphatic carbocycles. The molecule has 0 saturated heterocycles. The lowest BCUT2D eigenvalue weighted by atomic mass is 9.93. The van der Waals surface area contributed by atoms with Crippen molar-refractivity contribution in [2.75, 3.05) is 16.8 Å². The summed E-state index contributed by atoms with van der Waals surface area (Å²) in [6, 6.07) is 4.72. The molecule has 3 aromatic rings. The molecular weight excluding hydrogens is 703 g/mol. The highest BCUT2D eigenvalue weighted by atomic mass is 79.9. The lowest BCUT2D eigenvalue weighted by Gasteiger charge is -2.31. The fourth-order valence-electron chi connectivity index (χ4n) is 4.17. The molecule has 1 aliphatic rings. The first-order chi connectivity index (χ1) is 20.8. The van der Waals surface area contributed by atoms with Gasteiger partial charge in [-0.2, -0.15) is 39.5 Å². The van der Waals surface area contributed by atoms with E-state index in [1.54, 1.807) is 0 Å². The topological polar surface area (TPSA) is 71.5 Å². The van der Waals surface area contributed by atoms with Crippen LogP contribution in [0.25, 0.3) is 0 Å². The third kappa shape index (κ3) is 6.99. The maximum Gasteiger partial charge on any atom is 0.435 e. The van der Waals surface area contributed by atoms with Crippen molar-refractivity contribution in [2.24, 2.45) is 5.92 Å². The molecule has 2 aromatic carbocycles. The predicted octanol–water partition coefficient (Wildman–Crippen LogP) is 8.32. The van der Waals surface area contributed by atoms with E-state index in [0.29, 0.717) is 12.8 Å². The highest BCUT2D eigenvalue weighted by molar-refractivity contribution is 9.10. The highest BCUT2D eigenvalue weighted by Crippen LogP contribution is 2.55. The first-order valence-electron chi connectivity index (χ1n) is 12.5. The molecule has 0 atom stereocenters. The van der Waals surface area contributed by atoms with Crippen LogP contribution in [0.1, 0.15) is 39.1 Å². The highest BCUT2D eigenvalue weighted by Gasteiger charge is 2.73. The average molecular weight is 720 g/mol. The fraction of sp³-hybridized carbons (Fsp3) is 0.296. The molecule has 0 aliphatic heterocycles. The first-order valence-corrected chi connectivity index (χ1v) is 13.3. The monoisotopic (exact) mass is 719 g/mol. The van der Waals surface area contributed by atoms with Crippen LogP contribution in [0.4, 0.5) is 59.7 Å². The normalized spacial score (nSPS) is 14.0. The number of anilines is 2. The van der Waals surface area contributed by atoms with Crippen LogP contribution < -0.4 is 15.0 Å². The second-order valence-corrected chi connectivity index (χ2v) is 10.5. The Morgan fingerprint density at radius 3 is 2.18 bits per heavy atom. The Balaban J connectivity index is 1.74. The Kier molecular flexibility index (Phi) is 9.38. The number of rotatable bonds is 9. The second-order valence-electron chi connectivity index (χ2n) is 9.69. The van der Waals surface area contributed by atoms with Gasteiger partial charge in [0.1, 0.15) is 0 Å². The summed E-state index contributed by atoms with van der Waals surface area (Å²) in [6.45, 7) is -3.90. The Hall–Kier alpha value is -3.96. The van der Waals surface area contributed by atoms with Gasteiger partial charge in [0.15, 0.2) is 11.6 Å². The zero-order valence-corrected chi connectivity index (χ0v) is 23.6. The molecule has 1 saturated carbocycles. The predicted molar refractivity (Wildman–Crippen MR) is 139 cm³/mol. The molecule has 0 spiro atoms. The zero-order valence-electron chi connectivity index (χ0n) is 22.0. The van der Waals surface area contributed by atoms with Gasteiger partial charge in [-0.1, -0.05) is 6.07 Å². The number of amides is 2. The van der Waals surface area contributed by atoms with E-state index >= 15 is 4.39 Å². The molecule has 2 amide bonds. The van der Waals surface area contributed by atoms with Gasteiger partial charge in [0, 0.05) is 22.8 Å². The molecule has 1 N–H and O–H groups in total.